The Balaban J connectivity index is 1.21. The molecule has 0 radical (unpaired) electrons. The fraction of sp³-hybridized carbons (Fsp3) is 0.710. The third-order valence-corrected chi connectivity index (χ3v) is 11.8. The van der Waals surface area contributed by atoms with Gasteiger partial charge in [-0.2, -0.15) is 0 Å². The van der Waals surface area contributed by atoms with E-state index in [1.165, 1.54) is 50.6 Å². The van der Waals surface area contributed by atoms with E-state index in [1.807, 2.05) is 24.1 Å². The van der Waals surface area contributed by atoms with E-state index in [1.54, 1.807) is 5.57 Å². The molecule has 1 aromatic rings. The number of benzene rings is 1. The first-order valence-corrected chi connectivity index (χ1v) is 14.0. The van der Waals surface area contributed by atoms with E-state index < -0.39 is 0 Å². The van der Waals surface area contributed by atoms with E-state index in [2.05, 4.69) is 50.9 Å². The van der Waals surface area contributed by atoms with Gasteiger partial charge in [-0.25, -0.2) is 0 Å². The van der Waals surface area contributed by atoms with Crippen LogP contribution in [-0.2, 0) is 0 Å². The van der Waals surface area contributed by atoms with Gasteiger partial charge in [-0.15, -0.1) is 0 Å². The minimum absolute atomic E-state index is 0.180. The van der Waals surface area contributed by atoms with Gasteiger partial charge < -0.3 is 9.80 Å². The van der Waals surface area contributed by atoms with E-state index in [0.717, 1.165) is 48.1 Å². The van der Waals surface area contributed by atoms with Crippen LogP contribution in [0.4, 0.5) is 0 Å². The van der Waals surface area contributed by atoms with Crippen LogP contribution < -0.4 is 0 Å². The molecule has 34 heavy (non-hydrogen) atoms. The third kappa shape index (κ3) is 3.14. The van der Waals surface area contributed by atoms with E-state index in [0.29, 0.717) is 16.9 Å². The summed E-state index contributed by atoms with van der Waals surface area (Å²) in [6.45, 7) is 8.51. The molecule has 1 unspecified atom stereocenters. The van der Waals surface area contributed by atoms with Gasteiger partial charge in [-0.05, 0) is 119 Å². The highest BCUT2D eigenvalue weighted by Crippen LogP contribution is 2.68. The zero-order chi connectivity index (χ0) is 23.8. The summed E-state index contributed by atoms with van der Waals surface area (Å²) in [4.78, 5) is 17.9. The average molecular weight is 461 g/mol. The van der Waals surface area contributed by atoms with Gasteiger partial charge in [0, 0.05) is 31.2 Å². The number of nitrogens with zero attached hydrogens (tertiary/aromatic N) is 2. The van der Waals surface area contributed by atoms with Gasteiger partial charge in [0.2, 0.25) is 0 Å². The van der Waals surface area contributed by atoms with Gasteiger partial charge in [-0.1, -0.05) is 36.3 Å². The Labute approximate surface area is 207 Å². The Morgan fingerprint density at radius 3 is 2.53 bits per heavy atom. The summed E-state index contributed by atoms with van der Waals surface area (Å²) in [7, 11) is 4.40. The van der Waals surface area contributed by atoms with Crippen LogP contribution in [0.1, 0.15) is 81.1 Å². The molecule has 3 heteroatoms. The minimum atomic E-state index is 0.180. The number of likely N-dealkylation sites (tertiary alicyclic amines) is 1. The van der Waals surface area contributed by atoms with Crippen LogP contribution >= 0.6 is 0 Å². The molecule has 4 fully saturated rings. The number of fused-ring (bicyclic) bond motifs is 4. The molecule has 4 aliphatic carbocycles. The Morgan fingerprint density at radius 2 is 1.76 bits per heavy atom. The first kappa shape index (κ1) is 22.8. The summed E-state index contributed by atoms with van der Waals surface area (Å²) in [6, 6.07) is 9.17. The van der Waals surface area contributed by atoms with Crippen LogP contribution in [-0.4, -0.2) is 48.4 Å². The van der Waals surface area contributed by atoms with E-state index in [4.69, 9.17) is 0 Å². The van der Waals surface area contributed by atoms with Crippen LogP contribution in [0.25, 0.3) is 0 Å². The minimum Gasteiger partial charge on any atom is -0.338 e. The lowest BCUT2D eigenvalue weighted by Gasteiger charge is -2.58. The molecule has 3 nitrogen and oxygen atoms in total. The van der Waals surface area contributed by atoms with E-state index in [-0.39, 0.29) is 5.91 Å². The fourth-order valence-electron chi connectivity index (χ4n) is 9.84. The number of hydrogen-bond donors (Lipinski definition) is 0. The second-order valence-corrected chi connectivity index (χ2v) is 13.0. The molecule has 0 N–H and O–H groups in total. The van der Waals surface area contributed by atoms with Gasteiger partial charge in [0.1, 0.15) is 0 Å². The van der Waals surface area contributed by atoms with Crippen LogP contribution in [0.5, 0.6) is 0 Å². The van der Waals surface area contributed by atoms with Crippen molar-refractivity contribution >= 4 is 5.91 Å². The fourth-order valence-corrected chi connectivity index (χ4v) is 9.84. The monoisotopic (exact) mass is 460 g/mol. The maximum Gasteiger partial charge on any atom is 0.253 e. The molecule has 6 rings (SSSR count). The van der Waals surface area contributed by atoms with Crippen molar-refractivity contribution in [1.82, 2.24) is 9.80 Å². The third-order valence-electron chi connectivity index (χ3n) is 11.8. The average Bonchev–Trinajstić information content (AvgIpc) is 3.31. The lowest BCUT2D eigenvalue weighted by Crippen LogP contribution is -2.53. The topological polar surface area (TPSA) is 23.6 Å². The zero-order valence-corrected chi connectivity index (χ0v) is 22.0. The molecule has 5 aliphatic rings. The van der Waals surface area contributed by atoms with Crippen LogP contribution in [0.15, 0.2) is 35.9 Å². The van der Waals surface area contributed by atoms with Gasteiger partial charge in [-0.3, -0.25) is 4.79 Å². The predicted octanol–water partition coefficient (Wildman–Crippen LogP) is 6.33. The number of allylic oxidation sites excluding steroid dienone is 1. The summed E-state index contributed by atoms with van der Waals surface area (Å²) in [5, 5.41) is 0. The van der Waals surface area contributed by atoms with Gasteiger partial charge in [0.15, 0.2) is 0 Å². The number of carbonyl (C=O) groups excluding carboxylic acids is 1. The Morgan fingerprint density at radius 1 is 1.03 bits per heavy atom. The van der Waals surface area contributed by atoms with Crippen molar-refractivity contribution in [2.75, 3.05) is 20.6 Å². The van der Waals surface area contributed by atoms with Crippen molar-refractivity contribution in [3.8, 4) is 0 Å². The van der Waals surface area contributed by atoms with Crippen molar-refractivity contribution in [1.29, 1.82) is 0 Å². The van der Waals surface area contributed by atoms with Crippen LogP contribution in [0.3, 0.4) is 0 Å². The van der Waals surface area contributed by atoms with Crippen LogP contribution in [0, 0.1) is 41.4 Å². The van der Waals surface area contributed by atoms with Crippen molar-refractivity contribution in [2.24, 2.45) is 34.5 Å². The van der Waals surface area contributed by atoms with Gasteiger partial charge >= 0.3 is 0 Å². The number of hydrogen-bond acceptors (Lipinski definition) is 2. The van der Waals surface area contributed by atoms with Crippen molar-refractivity contribution < 1.29 is 4.79 Å². The van der Waals surface area contributed by atoms with Crippen molar-refractivity contribution in [3.63, 3.8) is 0 Å². The molecule has 0 bridgehead atoms. The molecule has 1 spiro atoms. The first-order valence-electron chi connectivity index (χ1n) is 14.0. The lowest BCUT2D eigenvalue weighted by atomic mass is 9.47. The molecule has 1 aromatic carbocycles. The predicted molar refractivity (Wildman–Crippen MR) is 139 cm³/mol. The smallest absolute Gasteiger partial charge is 0.253 e. The Kier molecular flexibility index (Phi) is 5.34. The maximum atomic E-state index is 13.2. The summed E-state index contributed by atoms with van der Waals surface area (Å²) in [5.74, 6) is 3.77. The quantitative estimate of drug-likeness (QED) is 0.482. The van der Waals surface area contributed by atoms with E-state index >= 15 is 0 Å². The molecule has 1 saturated heterocycles. The standard InChI is InChI=1S/C31H44N2O/c1-20-6-8-22(9-7-20)29(34)33(5)24-14-16-30(3)23(18-24)10-11-25-27(30)15-17-31-19-32(4)21(2)26(31)12-13-28(25)31/h6-10,21,24-28H,11-19H2,1-5H3/t21-,24-,25+,26+,27?,28-,30-,31-/m0/s1. The first-order chi connectivity index (χ1) is 16.2. The van der Waals surface area contributed by atoms with Crippen molar-refractivity contribution in [2.45, 2.75) is 84.2 Å². The largest absolute Gasteiger partial charge is 0.338 e. The highest BCUT2D eigenvalue weighted by molar-refractivity contribution is 5.94. The molecule has 1 heterocycles. The second kappa shape index (κ2) is 7.95. The molecular formula is C31H44N2O. The van der Waals surface area contributed by atoms with Crippen molar-refractivity contribution in [3.05, 3.63) is 47.0 Å². The number of aryl methyl sites for hydroxylation is 1. The number of carbonyl (C=O) groups is 1. The molecule has 3 saturated carbocycles. The molecule has 1 amide bonds. The van der Waals surface area contributed by atoms with Gasteiger partial charge in [0.25, 0.3) is 5.91 Å². The lowest BCUT2D eigenvalue weighted by molar-refractivity contribution is -0.0430. The Hall–Kier alpha value is -1.61. The normalized spacial score (nSPS) is 43.4. The number of amides is 1. The summed E-state index contributed by atoms with van der Waals surface area (Å²) < 4.78 is 0. The highest BCUT2D eigenvalue weighted by Gasteiger charge is 2.64. The van der Waals surface area contributed by atoms with Crippen LogP contribution in [0.2, 0.25) is 0 Å². The Bertz CT molecular complexity index is 997. The zero-order valence-electron chi connectivity index (χ0n) is 22.0. The maximum absolute atomic E-state index is 13.2. The highest BCUT2D eigenvalue weighted by atomic mass is 16.2. The molecule has 184 valence electrons. The summed E-state index contributed by atoms with van der Waals surface area (Å²) in [5.41, 5.74) is 4.66. The molecule has 1 aliphatic heterocycles. The SMILES string of the molecule is Cc1ccc(C(=O)N(C)[C@H]2CC[C@@]3(C)C(=CC[C@@H]4C3CC[C@]35CN(C)[C@@H](C)[C@H]3CC[C@@H]45)C2)cc1. The van der Waals surface area contributed by atoms with Gasteiger partial charge in [0.05, 0.1) is 0 Å². The molecule has 8 atom stereocenters. The van der Waals surface area contributed by atoms with E-state index in [9.17, 15) is 4.79 Å². The second-order valence-electron chi connectivity index (χ2n) is 13.0. The summed E-state index contributed by atoms with van der Waals surface area (Å²) in [6.07, 6.45) is 13.2. The summed E-state index contributed by atoms with van der Waals surface area (Å²) >= 11 is 0. The molecular weight excluding hydrogens is 416 g/mol. The number of rotatable bonds is 2. The molecule has 0 aromatic heterocycles.